The van der Waals surface area contributed by atoms with E-state index in [2.05, 4.69) is 25.5 Å². The number of hydrogen-bond acceptors (Lipinski definition) is 10. The molecule has 3 aromatic carbocycles. The first-order chi connectivity index (χ1) is 19.0. The van der Waals surface area contributed by atoms with E-state index in [1.807, 2.05) is 36.4 Å². The number of aromatic nitrogens is 4. The smallest absolute Gasteiger partial charge is 0.277 e. The quantitative estimate of drug-likeness (QED) is 0.229. The molecule has 0 aliphatic rings. The van der Waals surface area contributed by atoms with Crippen LogP contribution in [0.5, 0.6) is 23.0 Å². The summed E-state index contributed by atoms with van der Waals surface area (Å²) >= 11 is 1.14. The zero-order valence-electron chi connectivity index (χ0n) is 21.6. The molecule has 2 aromatic heterocycles. The van der Waals surface area contributed by atoms with E-state index in [0.717, 1.165) is 33.9 Å². The molecular formula is C27H25N5O6S. The Hall–Kier alpha value is -4.71. The molecule has 0 radical (unpaired) electrons. The largest absolute Gasteiger partial charge is 0.493 e. The van der Waals surface area contributed by atoms with Gasteiger partial charge in [-0.3, -0.25) is 4.79 Å². The third-order valence-corrected chi connectivity index (χ3v) is 6.60. The Morgan fingerprint density at radius 1 is 0.846 bits per heavy atom. The van der Waals surface area contributed by atoms with Crippen molar-refractivity contribution in [2.24, 2.45) is 0 Å². The Morgan fingerprint density at radius 2 is 1.54 bits per heavy atom. The average molecular weight is 548 g/mol. The highest BCUT2D eigenvalue weighted by atomic mass is 32.2. The van der Waals surface area contributed by atoms with Gasteiger partial charge < -0.3 is 33.7 Å². The summed E-state index contributed by atoms with van der Waals surface area (Å²) < 4.78 is 27.0. The third kappa shape index (κ3) is 5.60. The van der Waals surface area contributed by atoms with Crippen molar-refractivity contribution in [3.8, 4) is 45.8 Å². The predicted octanol–water partition coefficient (Wildman–Crippen LogP) is 5.05. The van der Waals surface area contributed by atoms with E-state index >= 15 is 0 Å². The molecule has 0 saturated heterocycles. The summed E-state index contributed by atoms with van der Waals surface area (Å²) in [6.07, 6.45) is 0. The Kier molecular flexibility index (Phi) is 7.55. The van der Waals surface area contributed by atoms with Gasteiger partial charge in [-0.25, -0.2) is 4.98 Å². The summed E-state index contributed by atoms with van der Waals surface area (Å²) in [6.45, 7) is 0. The molecule has 5 rings (SSSR count). The number of hydrogen-bond donors (Lipinski definition) is 2. The van der Waals surface area contributed by atoms with Crippen molar-refractivity contribution in [3.05, 3.63) is 54.6 Å². The maximum Gasteiger partial charge on any atom is 0.277 e. The molecule has 0 aliphatic heterocycles. The fourth-order valence-corrected chi connectivity index (χ4v) is 4.45. The molecule has 11 nitrogen and oxygen atoms in total. The van der Waals surface area contributed by atoms with Crippen LogP contribution in [-0.4, -0.2) is 60.3 Å². The summed E-state index contributed by atoms with van der Waals surface area (Å²) in [4.78, 5) is 20.4. The number of benzene rings is 3. The molecule has 0 bridgehead atoms. The molecule has 12 heteroatoms. The monoisotopic (exact) mass is 547 g/mol. The van der Waals surface area contributed by atoms with Gasteiger partial charge in [0.15, 0.2) is 23.0 Å². The fourth-order valence-electron chi connectivity index (χ4n) is 3.89. The summed E-state index contributed by atoms with van der Waals surface area (Å²) in [5, 5.41) is 11.3. The number of H-pyrrole nitrogens is 1. The lowest BCUT2D eigenvalue weighted by molar-refractivity contribution is -0.113. The molecule has 2 heterocycles. The number of rotatable bonds is 10. The minimum Gasteiger partial charge on any atom is -0.493 e. The first-order valence-corrected chi connectivity index (χ1v) is 12.7. The van der Waals surface area contributed by atoms with E-state index in [4.69, 9.17) is 23.4 Å². The molecule has 0 aliphatic carbocycles. The average Bonchev–Trinajstić information content (AvgIpc) is 3.62. The highest BCUT2D eigenvalue weighted by Crippen LogP contribution is 2.33. The fraction of sp³-hybridized carbons (Fsp3) is 0.185. The second kappa shape index (κ2) is 11.4. The Balaban J connectivity index is 1.26. The first kappa shape index (κ1) is 25.9. The highest BCUT2D eigenvalue weighted by molar-refractivity contribution is 7.99. The van der Waals surface area contributed by atoms with Gasteiger partial charge in [-0.05, 0) is 48.5 Å². The van der Waals surface area contributed by atoms with Crippen LogP contribution < -0.4 is 24.3 Å². The molecule has 0 atom stereocenters. The SMILES string of the molecule is COc1ccc(NC(=O)CSc2nnc(-c3ccc4nc(-c5ccc(OC)c(OC)c5)[nH]c4c3)o2)cc1OC. The maximum absolute atomic E-state index is 12.4. The molecule has 1 amide bonds. The number of carbonyl (C=O) groups is 1. The van der Waals surface area contributed by atoms with Gasteiger partial charge in [-0.2, -0.15) is 0 Å². The summed E-state index contributed by atoms with van der Waals surface area (Å²) in [5.41, 5.74) is 3.75. The number of methoxy groups -OCH3 is 4. The van der Waals surface area contributed by atoms with Crippen molar-refractivity contribution < 1.29 is 28.2 Å². The minimum absolute atomic E-state index is 0.0875. The van der Waals surface area contributed by atoms with Crippen LogP contribution in [0, 0.1) is 0 Å². The predicted molar refractivity (Wildman–Crippen MR) is 147 cm³/mol. The zero-order chi connectivity index (χ0) is 27.4. The molecule has 5 aromatic rings. The van der Waals surface area contributed by atoms with Gasteiger partial charge in [0, 0.05) is 22.9 Å². The van der Waals surface area contributed by atoms with E-state index in [-0.39, 0.29) is 16.9 Å². The molecule has 39 heavy (non-hydrogen) atoms. The van der Waals surface area contributed by atoms with Crippen LogP contribution in [0.4, 0.5) is 5.69 Å². The van der Waals surface area contributed by atoms with Crippen LogP contribution in [-0.2, 0) is 4.79 Å². The van der Waals surface area contributed by atoms with Gasteiger partial charge in [0.2, 0.25) is 11.8 Å². The molecule has 200 valence electrons. The van der Waals surface area contributed by atoms with Crippen LogP contribution in [0.3, 0.4) is 0 Å². The third-order valence-electron chi connectivity index (χ3n) is 5.79. The molecule has 0 spiro atoms. The molecular weight excluding hydrogens is 522 g/mol. The van der Waals surface area contributed by atoms with Gasteiger partial charge in [-0.1, -0.05) is 11.8 Å². The van der Waals surface area contributed by atoms with Gasteiger partial charge in [0.25, 0.3) is 5.22 Å². The summed E-state index contributed by atoms with van der Waals surface area (Å²) in [5.74, 6) is 3.24. The first-order valence-electron chi connectivity index (χ1n) is 11.7. The summed E-state index contributed by atoms with van der Waals surface area (Å²) in [6, 6.07) is 16.4. The standard InChI is InChI=1S/C27H25N5O6S/c1-34-20-9-6-15(12-22(20)36-3)25-29-18-8-5-16(11-19(18)30-25)26-31-32-27(38-26)39-14-24(33)28-17-7-10-21(35-2)23(13-17)37-4/h5-13H,14H2,1-4H3,(H,28,33)(H,29,30). The lowest BCUT2D eigenvalue weighted by atomic mass is 10.2. The number of ether oxygens (including phenoxy) is 4. The number of carbonyl (C=O) groups excluding carboxylic acids is 1. The highest BCUT2D eigenvalue weighted by Gasteiger charge is 2.15. The number of amides is 1. The van der Waals surface area contributed by atoms with Crippen LogP contribution in [0.2, 0.25) is 0 Å². The van der Waals surface area contributed by atoms with Gasteiger partial charge in [-0.15, -0.1) is 10.2 Å². The molecule has 2 N–H and O–H groups in total. The lowest BCUT2D eigenvalue weighted by Gasteiger charge is -2.10. The Bertz CT molecular complexity index is 1630. The Morgan fingerprint density at radius 3 is 2.28 bits per heavy atom. The number of nitrogens with one attached hydrogen (secondary N) is 2. The van der Waals surface area contributed by atoms with Crippen molar-refractivity contribution in [2.75, 3.05) is 39.5 Å². The second-order valence-electron chi connectivity index (χ2n) is 8.17. The van der Waals surface area contributed by atoms with Crippen LogP contribution >= 0.6 is 11.8 Å². The maximum atomic E-state index is 12.4. The van der Waals surface area contributed by atoms with E-state index in [0.29, 0.717) is 40.4 Å². The summed E-state index contributed by atoms with van der Waals surface area (Å²) in [7, 11) is 6.27. The minimum atomic E-state index is -0.228. The van der Waals surface area contributed by atoms with E-state index in [9.17, 15) is 4.79 Å². The number of fused-ring (bicyclic) bond motifs is 1. The van der Waals surface area contributed by atoms with Crippen molar-refractivity contribution in [3.63, 3.8) is 0 Å². The van der Waals surface area contributed by atoms with E-state index in [1.165, 1.54) is 7.11 Å². The topological polar surface area (TPSA) is 134 Å². The van der Waals surface area contributed by atoms with Crippen LogP contribution in [0.15, 0.2) is 64.2 Å². The number of aromatic amines is 1. The van der Waals surface area contributed by atoms with Crippen LogP contribution in [0.1, 0.15) is 0 Å². The van der Waals surface area contributed by atoms with Crippen molar-refractivity contribution in [2.45, 2.75) is 5.22 Å². The van der Waals surface area contributed by atoms with Gasteiger partial charge in [0.05, 0.1) is 45.2 Å². The number of thioether (sulfide) groups is 1. The van der Waals surface area contributed by atoms with Crippen molar-refractivity contribution in [1.29, 1.82) is 0 Å². The van der Waals surface area contributed by atoms with Crippen LogP contribution in [0.25, 0.3) is 33.9 Å². The number of nitrogens with zero attached hydrogens (tertiary/aromatic N) is 3. The second-order valence-corrected chi connectivity index (χ2v) is 9.09. The molecule has 0 unspecified atom stereocenters. The molecule has 0 fully saturated rings. The lowest BCUT2D eigenvalue weighted by Crippen LogP contribution is -2.14. The van der Waals surface area contributed by atoms with Gasteiger partial charge in [0.1, 0.15) is 5.82 Å². The van der Waals surface area contributed by atoms with Gasteiger partial charge >= 0.3 is 0 Å². The van der Waals surface area contributed by atoms with Crippen molar-refractivity contribution in [1.82, 2.24) is 20.2 Å². The molecule has 0 saturated carbocycles. The van der Waals surface area contributed by atoms with E-state index in [1.54, 1.807) is 39.5 Å². The zero-order valence-corrected chi connectivity index (χ0v) is 22.4. The van der Waals surface area contributed by atoms with E-state index < -0.39 is 0 Å². The van der Waals surface area contributed by atoms with Crippen molar-refractivity contribution >= 4 is 34.4 Å². The Labute approximate surface area is 227 Å². The number of anilines is 1. The number of imidazole rings is 1. The normalized spacial score (nSPS) is 10.9.